The van der Waals surface area contributed by atoms with Gasteiger partial charge in [0.15, 0.2) is 0 Å². The molecule has 66 heavy (non-hydrogen) atoms. The van der Waals surface area contributed by atoms with Crippen LogP contribution in [0.5, 0.6) is 23.0 Å². The van der Waals surface area contributed by atoms with E-state index in [4.69, 9.17) is 9.47 Å². The number of benzene rings is 8. The van der Waals surface area contributed by atoms with Crippen molar-refractivity contribution in [2.45, 2.75) is 84.0 Å². The SMILES string of the molecule is CC1(C)c2ccccc2-c2ccc(N(c3ccc4c(c3)C(C)(C)c3ccc5c(c3-4)Oc3ccccc3[Si]5(C)C)c3ccc4c(c3)C(C)(C)c3ccc5c(c3-4)Oc3ccccc3[Si]5(C)C)cc21. The molecule has 0 saturated heterocycles. The maximum atomic E-state index is 6.98. The number of anilines is 3. The zero-order valence-electron chi connectivity index (χ0n) is 39.7. The van der Waals surface area contributed by atoms with E-state index in [1.807, 2.05) is 0 Å². The minimum atomic E-state index is -2.02. The largest absolute Gasteiger partial charge is 0.457 e. The Kier molecular flexibility index (Phi) is 7.82. The van der Waals surface area contributed by atoms with E-state index in [0.29, 0.717) is 0 Å². The molecule has 2 heterocycles. The normalized spacial score (nSPS) is 17.8. The maximum Gasteiger partial charge on any atom is 0.135 e. The van der Waals surface area contributed by atoms with Crippen molar-refractivity contribution >= 4 is 54.0 Å². The van der Waals surface area contributed by atoms with Crippen LogP contribution in [0.1, 0.15) is 74.9 Å². The molecule has 0 unspecified atom stereocenters. The molecule has 5 heteroatoms. The second kappa shape index (κ2) is 12.9. The Bertz CT molecular complexity index is 3300. The molecule has 3 aliphatic carbocycles. The Morgan fingerprint density at radius 1 is 0.348 bits per heavy atom. The molecule has 0 amide bonds. The van der Waals surface area contributed by atoms with E-state index >= 15 is 0 Å². The molecule has 8 aromatic carbocycles. The third-order valence-corrected chi connectivity index (χ3v) is 23.8. The van der Waals surface area contributed by atoms with Gasteiger partial charge in [-0.25, -0.2) is 0 Å². The van der Waals surface area contributed by atoms with E-state index in [2.05, 4.69) is 224 Å². The van der Waals surface area contributed by atoms with Crippen LogP contribution in [0.15, 0.2) is 152 Å². The van der Waals surface area contributed by atoms with E-state index in [1.54, 1.807) is 0 Å². The second-order valence-corrected chi connectivity index (χ2v) is 30.8. The number of hydrogen-bond donors (Lipinski definition) is 0. The monoisotopic (exact) mass is 889 g/mol. The standard InChI is InChI=1S/C61H55NO2Si2/c1-59(2)43-18-12-11-17-39(43)40-26-23-36(33-46(40)59)62(37-24-27-41-47(34-37)60(3,4)44-29-31-53-57(55(41)44)63-49-19-13-15-21-51(49)65(53,7)8)38-25-28-42-48(35-38)61(5,6)45-30-32-54-58(56(42)45)64-50-20-14-16-22-52(50)66(54,9)10/h11-35H,1-10H3. The van der Waals surface area contributed by atoms with Crippen molar-refractivity contribution in [2.24, 2.45) is 0 Å². The molecule has 0 fully saturated rings. The van der Waals surface area contributed by atoms with Crippen molar-refractivity contribution in [3.05, 3.63) is 185 Å². The number of hydrogen-bond acceptors (Lipinski definition) is 3. The van der Waals surface area contributed by atoms with Crippen molar-refractivity contribution in [1.82, 2.24) is 0 Å². The van der Waals surface area contributed by atoms with Crippen LogP contribution < -0.4 is 35.1 Å². The highest BCUT2D eigenvalue weighted by Crippen LogP contribution is 2.58. The molecule has 5 aliphatic rings. The molecule has 0 spiro atoms. The van der Waals surface area contributed by atoms with Crippen molar-refractivity contribution in [3.8, 4) is 56.4 Å². The third kappa shape index (κ3) is 5.03. The molecule has 3 nitrogen and oxygen atoms in total. The zero-order valence-corrected chi connectivity index (χ0v) is 41.7. The van der Waals surface area contributed by atoms with Crippen molar-refractivity contribution in [2.75, 3.05) is 4.90 Å². The van der Waals surface area contributed by atoms with Gasteiger partial charge in [-0.2, -0.15) is 0 Å². The van der Waals surface area contributed by atoms with E-state index in [-0.39, 0.29) is 16.2 Å². The minimum absolute atomic E-state index is 0.139. The molecule has 324 valence electrons. The molecule has 2 aliphatic heterocycles. The van der Waals surface area contributed by atoms with Crippen LogP contribution in [0.4, 0.5) is 17.1 Å². The van der Waals surface area contributed by atoms with E-state index in [1.165, 1.54) is 87.5 Å². The van der Waals surface area contributed by atoms with Crippen LogP contribution in [0.25, 0.3) is 33.4 Å². The fourth-order valence-corrected chi connectivity index (χ4v) is 18.6. The van der Waals surface area contributed by atoms with Gasteiger partial charge in [-0.15, -0.1) is 0 Å². The number of nitrogens with zero attached hydrogens (tertiary/aromatic N) is 1. The topological polar surface area (TPSA) is 21.7 Å². The molecule has 0 N–H and O–H groups in total. The lowest BCUT2D eigenvalue weighted by Crippen LogP contribution is -2.56. The summed E-state index contributed by atoms with van der Waals surface area (Å²) in [6.45, 7) is 24.2. The first-order valence-corrected chi connectivity index (χ1v) is 29.8. The molecular weight excluding hydrogens is 835 g/mol. The number of ether oxygens (including phenoxy) is 2. The van der Waals surface area contributed by atoms with Crippen LogP contribution in [0.3, 0.4) is 0 Å². The molecule has 0 radical (unpaired) electrons. The Morgan fingerprint density at radius 3 is 1.21 bits per heavy atom. The lowest BCUT2D eigenvalue weighted by atomic mass is 9.81. The van der Waals surface area contributed by atoms with Crippen molar-refractivity contribution in [3.63, 3.8) is 0 Å². The zero-order chi connectivity index (χ0) is 45.4. The predicted molar refractivity (Wildman–Crippen MR) is 280 cm³/mol. The number of rotatable bonds is 3. The summed E-state index contributed by atoms with van der Waals surface area (Å²) in [5.41, 5.74) is 18.6. The van der Waals surface area contributed by atoms with Gasteiger partial charge >= 0.3 is 0 Å². The molecule has 8 aromatic rings. The summed E-state index contributed by atoms with van der Waals surface area (Å²) >= 11 is 0. The fourth-order valence-electron chi connectivity index (χ4n) is 13.0. The fraction of sp³-hybridized carbons (Fsp3) is 0.213. The summed E-state index contributed by atoms with van der Waals surface area (Å²) in [7, 11) is -4.04. The average Bonchev–Trinajstić information content (AvgIpc) is 3.78. The number of fused-ring (bicyclic) bond motifs is 15. The van der Waals surface area contributed by atoms with Gasteiger partial charge in [-0.1, -0.05) is 171 Å². The Morgan fingerprint density at radius 2 is 0.727 bits per heavy atom. The van der Waals surface area contributed by atoms with E-state index < -0.39 is 16.1 Å². The summed E-state index contributed by atoms with van der Waals surface area (Å²) in [5, 5.41) is 5.48. The second-order valence-electron chi connectivity index (χ2n) is 22.1. The summed E-state index contributed by atoms with van der Waals surface area (Å²) in [6.07, 6.45) is 0. The van der Waals surface area contributed by atoms with Gasteiger partial charge in [0.25, 0.3) is 0 Å². The van der Waals surface area contributed by atoms with Gasteiger partial charge in [-0.05, 0) is 125 Å². The minimum Gasteiger partial charge on any atom is -0.457 e. The molecule has 0 bridgehead atoms. The molecule has 0 saturated carbocycles. The Balaban J connectivity index is 0.998. The van der Waals surface area contributed by atoms with Gasteiger partial charge in [-0.3, -0.25) is 0 Å². The van der Waals surface area contributed by atoms with Crippen molar-refractivity contribution < 1.29 is 9.47 Å². The van der Waals surface area contributed by atoms with Crippen LogP contribution in [-0.4, -0.2) is 16.1 Å². The maximum absolute atomic E-state index is 6.98. The third-order valence-electron chi connectivity index (χ3n) is 16.8. The van der Waals surface area contributed by atoms with Gasteiger partial charge in [0.05, 0.1) is 0 Å². The predicted octanol–water partition coefficient (Wildman–Crippen LogP) is 13.9. The van der Waals surface area contributed by atoms with Gasteiger partial charge in [0.1, 0.15) is 39.1 Å². The lowest BCUT2D eigenvalue weighted by molar-refractivity contribution is 0.487. The first-order chi connectivity index (χ1) is 31.5. The van der Waals surface area contributed by atoms with Crippen LogP contribution in [0, 0.1) is 0 Å². The quantitative estimate of drug-likeness (QED) is 0.165. The Hall–Kier alpha value is -6.41. The molecular formula is C61H55NO2Si2. The highest BCUT2D eigenvalue weighted by molar-refractivity contribution is 7.02. The van der Waals surface area contributed by atoms with Crippen molar-refractivity contribution in [1.29, 1.82) is 0 Å². The van der Waals surface area contributed by atoms with Crippen LogP contribution >= 0.6 is 0 Å². The molecule has 0 atom stereocenters. The van der Waals surface area contributed by atoms with Gasteiger partial charge in [0, 0.05) is 44.4 Å². The highest BCUT2D eigenvalue weighted by Gasteiger charge is 2.46. The summed E-state index contributed by atoms with van der Waals surface area (Å²) in [6, 6.07) is 57.6. The summed E-state index contributed by atoms with van der Waals surface area (Å²) in [4.78, 5) is 2.52. The van der Waals surface area contributed by atoms with E-state index in [0.717, 1.165) is 40.1 Å². The summed E-state index contributed by atoms with van der Waals surface area (Å²) < 4.78 is 14.0. The summed E-state index contributed by atoms with van der Waals surface area (Å²) in [5.74, 6) is 4.13. The molecule has 13 rings (SSSR count). The first-order valence-electron chi connectivity index (χ1n) is 23.8. The van der Waals surface area contributed by atoms with E-state index in [9.17, 15) is 0 Å². The van der Waals surface area contributed by atoms with Gasteiger partial charge in [0.2, 0.25) is 0 Å². The van der Waals surface area contributed by atoms with Gasteiger partial charge < -0.3 is 14.4 Å². The van der Waals surface area contributed by atoms with Crippen LogP contribution in [0.2, 0.25) is 26.2 Å². The van der Waals surface area contributed by atoms with Crippen LogP contribution in [-0.2, 0) is 16.2 Å². The first kappa shape index (κ1) is 39.9. The highest BCUT2D eigenvalue weighted by atomic mass is 28.3. The average molecular weight is 890 g/mol. The smallest absolute Gasteiger partial charge is 0.135 e. The molecule has 0 aromatic heterocycles. The Labute approximate surface area is 391 Å². The number of para-hydroxylation sites is 2. The lowest BCUT2D eigenvalue weighted by Gasteiger charge is -2.34.